The maximum absolute atomic E-state index is 11.7. The summed E-state index contributed by atoms with van der Waals surface area (Å²) < 4.78 is 5.53. The Balaban J connectivity index is 1.66. The second kappa shape index (κ2) is 7.28. The van der Waals surface area contributed by atoms with E-state index in [0.717, 1.165) is 11.3 Å². The molecule has 0 bridgehead atoms. The van der Waals surface area contributed by atoms with Crippen LogP contribution in [0, 0.1) is 6.92 Å². The number of aromatic nitrogens is 1. The van der Waals surface area contributed by atoms with Gasteiger partial charge in [0.05, 0.1) is 6.61 Å². The highest BCUT2D eigenvalue weighted by Crippen LogP contribution is 2.09. The number of carbonyl (C=O) groups excluding carboxylic acids is 1. The number of benzene rings is 1. The predicted octanol–water partition coefficient (Wildman–Crippen LogP) is 3.19. The number of anilines is 1. The molecule has 20 heavy (non-hydrogen) atoms. The van der Waals surface area contributed by atoms with E-state index in [1.807, 2.05) is 43.3 Å². The second-order valence-electron chi connectivity index (χ2n) is 4.53. The summed E-state index contributed by atoms with van der Waals surface area (Å²) in [6, 6.07) is 13.3. The molecule has 0 spiro atoms. The summed E-state index contributed by atoms with van der Waals surface area (Å²) >= 11 is 0. The SMILES string of the molecule is Cc1ccc(NC(=O)CCCOc2ccccc2)nc1. The Labute approximate surface area is 118 Å². The van der Waals surface area contributed by atoms with Crippen LogP contribution in [0.4, 0.5) is 5.82 Å². The third-order valence-corrected chi connectivity index (χ3v) is 2.74. The van der Waals surface area contributed by atoms with Crippen LogP contribution >= 0.6 is 0 Å². The Morgan fingerprint density at radius 1 is 1.20 bits per heavy atom. The maximum atomic E-state index is 11.7. The number of para-hydroxylation sites is 1. The lowest BCUT2D eigenvalue weighted by Gasteiger charge is -2.06. The van der Waals surface area contributed by atoms with E-state index in [2.05, 4.69) is 10.3 Å². The van der Waals surface area contributed by atoms with Crippen LogP contribution < -0.4 is 10.1 Å². The van der Waals surface area contributed by atoms with Crippen LogP contribution in [0.15, 0.2) is 48.7 Å². The average molecular weight is 270 g/mol. The van der Waals surface area contributed by atoms with Crippen LogP contribution in [-0.4, -0.2) is 17.5 Å². The molecule has 0 aliphatic heterocycles. The third kappa shape index (κ3) is 4.72. The van der Waals surface area contributed by atoms with Gasteiger partial charge < -0.3 is 10.1 Å². The smallest absolute Gasteiger partial charge is 0.225 e. The highest BCUT2D eigenvalue weighted by atomic mass is 16.5. The van der Waals surface area contributed by atoms with Crippen LogP contribution in [0.5, 0.6) is 5.75 Å². The highest BCUT2D eigenvalue weighted by Gasteiger charge is 2.03. The summed E-state index contributed by atoms with van der Waals surface area (Å²) in [6.45, 7) is 2.48. The van der Waals surface area contributed by atoms with Gasteiger partial charge >= 0.3 is 0 Å². The highest BCUT2D eigenvalue weighted by molar-refractivity contribution is 5.89. The number of ether oxygens (including phenoxy) is 1. The van der Waals surface area contributed by atoms with E-state index in [9.17, 15) is 4.79 Å². The van der Waals surface area contributed by atoms with Gasteiger partial charge in [-0.25, -0.2) is 4.98 Å². The first-order valence-corrected chi connectivity index (χ1v) is 6.64. The molecule has 0 radical (unpaired) electrons. The topological polar surface area (TPSA) is 51.2 Å². The molecular weight excluding hydrogens is 252 g/mol. The van der Waals surface area contributed by atoms with E-state index < -0.39 is 0 Å². The van der Waals surface area contributed by atoms with Gasteiger partial charge in [0.15, 0.2) is 0 Å². The summed E-state index contributed by atoms with van der Waals surface area (Å²) in [5.74, 6) is 1.37. The van der Waals surface area contributed by atoms with Crippen molar-refractivity contribution in [2.24, 2.45) is 0 Å². The van der Waals surface area contributed by atoms with E-state index in [1.54, 1.807) is 12.3 Å². The zero-order chi connectivity index (χ0) is 14.2. The average Bonchev–Trinajstić information content (AvgIpc) is 2.47. The van der Waals surface area contributed by atoms with Gasteiger partial charge in [0.1, 0.15) is 11.6 Å². The minimum Gasteiger partial charge on any atom is -0.494 e. The molecule has 2 rings (SSSR count). The first kappa shape index (κ1) is 14.1. The van der Waals surface area contributed by atoms with Gasteiger partial charge in [0, 0.05) is 12.6 Å². The van der Waals surface area contributed by atoms with Crippen LogP contribution in [0.25, 0.3) is 0 Å². The van der Waals surface area contributed by atoms with Crippen molar-refractivity contribution in [2.45, 2.75) is 19.8 Å². The van der Waals surface area contributed by atoms with E-state index in [1.165, 1.54) is 0 Å². The van der Waals surface area contributed by atoms with Crippen LogP contribution in [0.2, 0.25) is 0 Å². The van der Waals surface area contributed by atoms with E-state index in [0.29, 0.717) is 25.3 Å². The lowest BCUT2D eigenvalue weighted by Crippen LogP contribution is -2.13. The van der Waals surface area contributed by atoms with Crippen molar-refractivity contribution in [2.75, 3.05) is 11.9 Å². The van der Waals surface area contributed by atoms with E-state index in [4.69, 9.17) is 4.74 Å². The van der Waals surface area contributed by atoms with Gasteiger partial charge in [-0.2, -0.15) is 0 Å². The van der Waals surface area contributed by atoms with Crippen molar-refractivity contribution < 1.29 is 9.53 Å². The molecular formula is C16H18N2O2. The molecule has 0 fully saturated rings. The molecule has 4 heteroatoms. The number of amides is 1. The molecule has 104 valence electrons. The molecule has 4 nitrogen and oxygen atoms in total. The molecule has 0 aliphatic rings. The van der Waals surface area contributed by atoms with Crippen molar-refractivity contribution >= 4 is 11.7 Å². The summed E-state index contributed by atoms with van der Waals surface area (Å²) in [5, 5.41) is 2.76. The van der Waals surface area contributed by atoms with Gasteiger partial charge in [-0.3, -0.25) is 4.79 Å². The van der Waals surface area contributed by atoms with Crippen LogP contribution in [-0.2, 0) is 4.79 Å². The van der Waals surface area contributed by atoms with Gasteiger partial charge in [0.25, 0.3) is 0 Å². The van der Waals surface area contributed by atoms with Crippen molar-refractivity contribution in [1.82, 2.24) is 4.98 Å². The van der Waals surface area contributed by atoms with Crippen LogP contribution in [0.3, 0.4) is 0 Å². The molecule has 1 aromatic carbocycles. The Kier molecular flexibility index (Phi) is 5.12. The van der Waals surface area contributed by atoms with Gasteiger partial charge in [-0.15, -0.1) is 0 Å². The number of nitrogens with zero attached hydrogens (tertiary/aromatic N) is 1. The first-order chi connectivity index (χ1) is 9.74. The van der Waals surface area contributed by atoms with Gasteiger partial charge in [0.2, 0.25) is 5.91 Å². The lowest BCUT2D eigenvalue weighted by atomic mass is 10.3. The molecule has 1 heterocycles. The summed E-state index contributed by atoms with van der Waals surface area (Å²) in [4.78, 5) is 15.8. The fraction of sp³-hybridized carbons (Fsp3) is 0.250. The normalized spacial score (nSPS) is 10.1. The molecule has 0 saturated carbocycles. The summed E-state index contributed by atoms with van der Waals surface area (Å²) in [7, 11) is 0. The molecule has 0 saturated heterocycles. The monoisotopic (exact) mass is 270 g/mol. The molecule has 1 amide bonds. The summed E-state index contributed by atoms with van der Waals surface area (Å²) in [5.41, 5.74) is 1.07. The number of pyridine rings is 1. The number of aryl methyl sites for hydroxylation is 1. The lowest BCUT2D eigenvalue weighted by molar-refractivity contribution is -0.116. The molecule has 2 aromatic rings. The number of nitrogens with one attached hydrogen (secondary N) is 1. The number of carbonyl (C=O) groups is 1. The predicted molar refractivity (Wildman–Crippen MR) is 78.8 cm³/mol. The molecule has 1 aromatic heterocycles. The number of hydrogen-bond acceptors (Lipinski definition) is 3. The van der Waals surface area contributed by atoms with Crippen molar-refractivity contribution in [1.29, 1.82) is 0 Å². The summed E-state index contributed by atoms with van der Waals surface area (Å²) in [6.07, 6.45) is 2.82. The first-order valence-electron chi connectivity index (χ1n) is 6.64. The fourth-order valence-electron chi connectivity index (χ4n) is 1.69. The Bertz CT molecular complexity index is 538. The fourth-order valence-corrected chi connectivity index (χ4v) is 1.69. The Hall–Kier alpha value is -2.36. The minimum absolute atomic E-state index is 0.0435. The van der Waals surface area contributed by atoms with Gasteiger partial charge in [-0.1, -0.05) is 24.3 Å². The van der Waals surface area contributed by atoms with Crippen LogP contribution in [0.1, 0.15) is 18.4 Å². The zero-order valence-corrected chi connectivity index (χ0v) is 11.5. The quantitative estimate of drug-likeness (QED) is 0.820. The number of hydrogen-bond donors (Lipinski definition) is 1. The van der Waals surface area contributed by atoms with E-state index >= 15 is 0 Å². The standard InChI is InChI=1S/C16H18N2O2/c1-13-9-10-15(17-12-13)18-16(19)8-5-11-20-14-6-3-2-4-7-14/h2-4,6-7,9-10,12H,5,8,11H2,1H3,(H,17,18,19). The van der Waals surface area contributed by atoms with Crippen molar-refractivity contribution in [3.63, 3.8) is 0 Å². The molecule has 0 unspecified atom stereocenters. The van der Waals surface area contributed by atoms with E-state index in [-0.39, 0.29) is 5.91 Å². The maximum Gasteiger partial charge on any atom is 0.225 e. The minimum atomic E-state index is -0.0435. The third-order valence-electron chi connectivity index (χ3n) is 2.74. The molecule has 0 aliphatic carbocycles. The number of rotatable bonds is 6. The Morgan fingerprint density at radius 3 is 2.70 bits per heavy atom. The second-order valence-corrected chi connectivity index (χ2v) is 4.53. The largest absolute Gasteiger partial charge is 0.494 e. The zero-order valence-electron chi connectivity index (χ0n) is 11.5. The Morgan fingerprint density at radius 2 is 2.00 bits per heavy atom. The molecule has 0 atom stereocenters. The van der Waals surface area contributed by atoms with Crippen molar-refractivity contribution in [3.8, 4) is 5.75 Å². The molecule has 1 N–H and O–H groups in total. The van der Waals surface area contributed by atoms with Crippen molar-refractivity contribution in [3.05, 3.63) is 54.2 Å². The van der Waals surface area contributed by atoms with Gasteiger partial charge in [-0.05, 0) is 37.1 Å².